The Labute approximate surface area is 246 Å². The molecule has 218 valence electrons. The molecule has 0 unspecified atom stereocenters. The minimum absolute atomic E-state index is 0.0393. The van der Waals surface area contributed by atoms with Gasteiger partial charge < -0.3 is 29.8 Å². The number of rotatable bonds is 6. The molecule has 2 aromatic carbocycles. The predicted octanol–water partition coefficient (Wildman–Crippen LogP) is 4.64. The fraction of sp³-hybridized carbons (Fsp3) is 0.529. The third-order valence-corrected chi connectivity index (χ3v) is 11.4. The van der Waals surface area contributed by atoms with E-state index in [0.29, 0.717) is 28.6 Å². The van der Waals surface area contributed by atoms with Gasteiger partial charge in [-0.2, -0.15) is 0 Å². The molecule has 4 heterocycles. The first kappa shape index (κ1) is 25.2. The molecule has 2 saturated heterocycles. The summed E-state index contributed by atoms with van der Waals surface area (Å²) in [7, 11) is 3.76. The maximum Gasteiger partial charge on any atom is 0.254 e. The van der Waals surface area contributed by atoms with Gasteiger partial charge in [-0.1, -0.05) is 18.2 Å². The number of carbonyl (C=O) groups excluding carboxylic acids is 1. The number of ether oxygens (including phenoxy) is 1. The number of aryl methyl sites for hydroxylation is 1. The van der Waals surface area contributed by atoms with Crippen molar-refractivity contribution in [2.45, 2.75) is 63.1 Å². The number of para-hydroxylation sites is 1. The van der Waals surface area contributed by atoms with Crippen LogP contribution in [0.5, 0.6) is 5.75 Å². The molecule has 3 N–H and O–H groups in total. The zero-order chi connectivity index (χ0) is 28.3. The Morgan fingerprint density at radius 3 is 2.62 bits per heavy atom. The molecule has 8 heteroatoms. The van der Waals surface area contributed by atoms with E-state index in [1.54, 1.807) is 7.11 Å². The fourth-order valence-corrected chi connectivity index (χ4v) is 8.86. The number of hydrogen-bond acceptors (Lipinski definition) is 5. The summed E-state index contributed by atoms with van der Waals surface area (Å²) in [5.74, 6) is 3.42. The molecule has 3 aliphatic carbocycles. The molecule has 5 aliphatic rings. The van der Waals surface area contributed by atoms with E-state index >= 15 is 0 Å². The molecule has 8 nitrogen and oxygen atoms in total. The number of nitrogens with zero attached hydrogens (tertiary/aromatic N) is 4. The number of nitrogens with two attached hydrogens (primary N) is 1. The highest BCUT2D eigenvalue weighted by Crippen LogP contribution is 2.55. The maximum absolute atomic E-state index is 13.7. The Hall–Kier alpha value is -3.36. The Balaban J connectivity index is 1.15. The van der Waals surface area contributed by atoms with Crippen LogP contribution < -0.4 is 15.8 Å². The van der Waals surface area contributed by atoms with Gasteiger partial charge in [0.15, 0.2) is 5.82 Å². The monoisotopic (exact) mass is 564 g/mol. The number of imidazole rings is 1. The Morgan fingerprint density at radius 2 is 1.95 bits per heavy atom. The van der Waals surface area contributed by atoms with Crippen molar-refractivity contribution < 1.29 is 9.53 Å². The molecule has 42 heavy (non-hydrogen) atoms. The van der Waals surface area contributed by atoms with E-state index in [0.717, 1.165) is 54.4 Å². The molecule has 2 bridgehead atoms. The minimum atomic E-state index is 0.0393. The van der Waals surface area contributed by atoms with E-state index in [1.807, 2.05) is 17.0 Å². The third-order valence-electron chi connectivity index (χ3n) is 11.4. The highest BCUT2D eigenvalue weighted by atomic mass is 16.5. The van der Waals surface area contributed by atoms with Crippen molar-refractivity contribution in [3.63, 3.8) is 0 Å². The molecule has 2 aromatic heterocycles. The number of nitrogens with one attached hydrogen (secondary N) is 1. The first-order valence-electron chi connectivity index (χ1n) is 15.9. The summed E-state index contributed by atoms with van der Waals surface area (Å²) in [6.07, 6.45) is 7.28. The molecule has 9 rings (SSSR count). The molecule has 4 aromatic rings. The average Bonchev–Trinajstić information content (AvgIpc) is 3.33. The molecule has 3 saturated carbocycles. The molecule has 2 aliphatic heterocycles. The van der Waals surface area contributed by atoms with Crippen molar-refractivity contribution in [3.05, 3.63) is 47.5 Å². The summed E-state index contributed by atoms with van der Waals surface area (Å²) in [5.41, 5.74) is 13.4. The van der Waals surface area contributed by atoms with Gasteiger partial charge in [0, 0.05) is 56.3 Å². The number of benzene rings is 2. The number of piperidine rings is 1. The van der Waals surface area contributed by atoms with Crippen LogP contribution in [0.2, 0.25) is 0 Å². The molecule has 0 radical (unpaired) electrons. The van der Waals surface area contributed by atoms with E-state index < -0.39 is 0 Å². The minimum Gasteiger partial charge on any atom is -0.494 e. The summed E-state index contributed by atoms with van der Waals surface area (Å²) in [5, 5.41) is 4.79. The number of likely N-dealkylation sites (tertiary alicyclic amines) is 1. The second-order valence-corrected chi connectivity index (χ2v) is 14.1. The first-order valence-corrected chi connectivity index (χ1v) is 15.9. The van der Waals surface area contributed by atoms with Crippen LogP contribution in [0.1, 0.15) is 60.4 Å². The summed E-state index contributed by atoms with van der Waals surface area (Å²) in [6.45, 7) is 4.12. The van der Waals surface area contributed by atoms with Gasteiger partial charge in [0.1, 0.15) is 11.3 Å². The Kier molecular flexibility index (Phi) is 5.29. The number of aromatic nitrogens is 3. The lowest BCUT2D eigenvalue weighted by Crippen LogP contribution is -2.59. The second kappa shape index (κ2) is 8.83. The topological polar surface area (TPSA) is 90.3 Å². The van der Waals surface area contributed by atoms with Crippen LogP contribution in [-0.2, 0) is 13.6 Å². The lowest BCUT2D eigenvalue weighted by molar-refractivity contribution is 0.0367. The van der Waals surface area contributed by atoms with E-state index in [-0.39, 0.29) is 18.0 Å². The largest absolute Gasteiger partial charge is 0.494 e. The molecular weight excluding hydrogens is 524 g/mol. The Bertz CT molecular complexity index is 1750. The maximum atomic E-state index is 13.7. The number of fused-ring (bicyclic) bond motifs is 4. The van der Waals surface area contributed by atoms with Gasteiger partial charge in [-0.3, -0.25) is 4.79 Å². The van der Waals surface area contributed by atoms with Crippen LogP contribution in [-0.4, -0.2) is 63.8 Å². The van der Waals surface area contributed by atoms with Crippen molar-refractivity contribution in [1.82, 2.24) is 24.3 Å². The normalized spacial score (nSPS) is 26.4. The van der Waals surface area contributed by atoms with Gasteiger partial charge in [0.2, 0.25) is 0 Å². The molecule has 3 atom stereocenters. The van der Waals surface area contributed by atoms with Crippen LogP contribution >= 0.6 is 0 Å². The molecule has 1 spiro atoms. The van der Waals surface area contributed by atoms with Gasteiger partial charge in [0.25, 0.3) is 5.91 Å². The van der Waals surface area contributed by atoms with E-state index in [1.165, 1.54) is 55.2 Å². The van der Waals surface area contributed by atoms with Crippen LogP contribution in [0.3, 0.4) is 0 Å². The predicted molar refractivity (Wildman–Crippen MR) is 164 cm³/mol. The summed E-state index contributed by atoms with van der Waals surface area (Å²) < 4.78 is 10.6. The summed E-state index contributed by atoms with van der Waals surface area (Å²) >= 11 is 0. The van der Waals surface area contributed by atoms with Crippen LogP contribution in [0.25, 0.3) is 33.5 Å². The number of methoxy groups -OCH3 is 1. The zero-order valence-electron chi connectivity index (χ0n) is 24.6. The number of carbonyl (C=O) groups is 1. The number of amides is 1. The zero-order valence-corrected chi connectivity index (χ0v) is 24.6. The SMILES string of the molecule is COc1cc(C(=O)N2C[C@H]3CC[C@@H]2[C@@H]3N)cc2nc(-c3cc4cccc(C5CC6(CNC6)C5)c4n3CC3CC3)n(C)c12. The Morgan fingerprint density at radius 1 is 1.12 bits per heavy atom. The highest BCUT2D eigenvalue weighted by molar-refractivity contribution is 6.00. The fourth-order valence-electron chi connectivity index (χ4n) is 8.86. The van der Waals surface area contributed by atoms with Crippen molar-refractivity contribution in [2.75, 3.05) is 26.7 Å². The lowest BCUT2D eigenvalue weighted by Gasteiger charge is -2.54. The lowest BCUT2D eigenvalue weighted by atomic mass is 9.57. The smallest absolute Gasteiger partial charge is 0.254 e. The molecule has 1 amide bonds. The van der Waals surface area contributed by atoms with Crippen LogP contribution in [0, 0.1) is 17.3 Å². The van der Waals surface area contributed by atoms with Gasteiger partial charge in [-0.25, -0.2) is 4.98 Å². The van der Waals surface area contributed by atoms with Crippen molar-refractivity contribution >= 4 is 27.8 Å². The van der Waals surface area contributed by atoms with E-state index in [9.17, 15) is 4.79 Å². The summed E-state index contributed by atoms with van der Waals surface area (Å²) in [4.78, 5) is 20.9. The second-order valence-electron chi connectivity index (χ2n) is 14.1. The molecular formula is C34H40N6O2. The molecule has 5 fully saturated rings. The van der Waals surface area contributed by atoms with Gasteiger partial charge >= 0.3 is 0 Å². The van der Waals surface area contributed by atoms with Gasteiger partial charge in [-0.15, -0.1) is 0 Å². The van der Waals surface area contributed by atoms with Crippen LogP contribution in [0.15, 0.2) is 36.4 Å². The van der Waals surface area contributed by atoms with Gasteiger partial charge in [-0.05, 0) is 85.5 Å². The standard InChI is InChI=1S/C34H40N6O2/c1-38-31-25(10-22(12-28(31)42-2)33(41)40-16-21-8-9-26(40)29(21)35)37-32(38)27-11-20-4-3-5-24(23-13-34(14-23)17-36-18-34)30(20)39(27)15-19-6-7-19/h3-5,10-12,19,21,23,26,29,36H,6-9,13-18,35H2,1-2H3/t21-,26-,29-/m1/s1. The van der Waals surface area contributed by atoms with Crippen molar-refractivity contribution in [2.24, 2.45) is 30.0 Å². The first-order chi connectivity index (χ1) is 20.4. The van der Waals surface area contributed by atoms with E-state index in [4.69, 9.17) is 15.5 Å². The number of hydrogen-bond donors (Lipinski definition) is 2. The quantitative estimate of drug-likeness (QED) is 0.356. The summed E-state index contributed by atoms with van der Waals surface area (Å²) in [6, 6.07) is 13.3. The van der Waals surface area contributed by atoms with Crippen molar-refractivity contribution in [3.8, 4) is 17.3 Å². The average molecular weight is 565 g/mol. The third kappa shape index (κ3) is 3.54. The van der Waals surface area contributed by atoms with Gasteiger partial charge in [0.05, 0.1) is 23.8 Å². The highest BCUT2D eigenvalue weighted by Gasteiger charge is 2.49. The van der Waals surface area contributed by atoms with E-state index in [2.05, 4.69) is 45.8 Å². The van der Waals surface area contributed by atoms with Crippen molar-refractivity contribution in [1.29, 1.82) is 0 Å². The van der Waals surface area contributed by atoms with Crippen LogP contribution in [0.4, 0.5) is 0 Å².